The van der Waals surface area contributed by atoms with E-state index in [4.69, 9.17) is 5.14 Å². The van der Waals surface area contributed by atoms with Gasteiger partial charge in [-0.15, -0.1) is 0 Å². The molecule has 0 spiro atoms. The zero-order chi connectivity index (χ0) is 15.5. The van der Waals surface area contributed by atoms with E-state index in [1.54, 1.807) is 12.1 Å². The summed E-state index contributed by atoms with van der Waals surface area (Å²) < 4.78 is 22.1. The monoisotopic (exact) mass is 304 g/mol. The molecule has 0 aliphatic rings. The zero-order valence-corrected chi connectivity index (χ0v) is 13.1. The second-order valence-corrected chi connectivity index (χ2v) is 6.90. The summed E-state index contributed by atoms with van der Waals surface area (Å²) in [5.41, 5.74) is 5.38. The molecule has 0 unspecified atom stereocenters. The highest BCUT2D eigenvalue weighted by atomic mass is 32.2. The van der Waals surface area contributed by atoms with Crippen molar-refractivity contribution in [2.45, 2.75) is 26.1 Å². The van der Waals surface area contributed by atoms with Crippen molar-refractivity contribution in [1.29, 1.82) is 0 Å². The van der Waals surface area contributed by atoms with E-state index < -0.39 is 10.0 Å². The van der Waals surface area contributed by atoms with E-state index >= 15 is 0 Å². The van der Waals surface area contributed by atoms with Gasteiger partial charge < -0.3 is 5.32 Å². The maximum atomic E-state index is 11.0. The summed E-state index contributed by atoms with van der Waals surface area (Å²) in [6.45, 7) is 4.90. The van der Waals surface area contributed by atoms with E-state index in [0.717, 1.165) is 12.2 Å². The van der Waals surface area contributed by atoms with Crippen molar-refractivity contribution in [2.24, 2.45) is 5.14 Å². The lowest BCUT2D eigenvalue weighted by Gasteiger charge is -2.10. The van der Waals surface area contributed by atoms with Crippen LogP contribution in [0.3, 0.4) is 0 Å². The van der Waals surface area contributed by atoms with Gasteiger partial charge in [-0.05, 0) is 42.7 Å². The van der Waals surface area contributed by atoms with E-state index in [9.17, 15) is 8.42 Å². The average Bonchev–Trinajstić information content (AvgIpc) is 2.40. The van der Waals surface area contributed by atoms with Crippen molar-refractivity contribution in [3.05, 3.63) is 64.7 Å². The van der Waals surface area contributed by atoms with Crippen LogP contribution in [0.1, 0.15) is 22.3 Å². The fraction of sp³-hybridized carbons (Fsp3) is 0.250. The van der Waals surface area contributed by atoms with E-state index in [-0.39, 0.29) is 5.75 Å². The Morgan fingerprint density at radius 2 is 1.71 bits per heavy atom. The summed E-state index contributed by atoms with van der Waals surface area (Å²) in [7, 11) is -3.48. The number of sulfonamides is 1. The number of hydrogen-bond donors (Lipinski definition) is 2. The van der Waals surface area contributed by atoms with Gasteiger partial charge in [-0.3, -0.25) is 0 Å². The van der Waals surface area contributed by atoms with Gasteiger partial charge in [0.05, 0.1) is 5.75 Å². The molecule has 4 nitrogen and oxygen atoms in total. The summed E-state index contributed by atoms with van der Waals surface area (Å²) in [4.78, 5) is 0. The van der Waals surface area contributed by atoms with Gasteiger partial charge in [0.15, 0.2) is 0 Å². The second-order valence-electron chi connectivity index (χ2n) is 5.29. The fourth-order valence-corrected chi connectivity index (χ4v) is 2.80. The number of anilines is 1. The largest absolute Gasteiger partial charge is 0.381 e. The van der Waals surface area contributed by atoms with Crippen molar-refractivity contribution >= 4 is 15.7 Å². The van der Waals surface area contributed by atoms with Gasteiger partial charge in [0.2, 0.25) is 10.0 Å². The third-order valence-electron chi connectivity index (χ3n) is 3.31. The summed E-state index contributed by atoms with van der Waals surface area (Å²) in [6, 6.07) is 13.7. The molecular weight excluding hydrogens is 284 g/mol. The molecule has 21 heavy (non-hydrogen) atoms. The van der Waals surface area contributed by atoms with E-state index in [1.807, 2.05) is 12.1 Å². The molecule has 112 valence electrons. The zero-order valence-electron chi connectivity index (χ0n) is 12.3. The first-order valence-electron chi connectivity index (χ1n) is 6.73. The Morgan fingerprint density at radius 3 is 2.33 bits per heavy atom. The van der Waals surface area contributed by atoms with Gasteiger partial charge in [0, 0.05) is 12.2 Å². The Balaban J connectivity index is 2.02. The van der Waals surface area contributed by atoms with E-state index in [2.05, 4.69) is 37.4 Å². The Hall–Kier alpha value is -1.85. The minimum absolute atomic E-state index is 0.135. The summed E-state index contributed by atoms with van der Waals surface area (Å²) in [5.74, 6) is -0.135. The van der Waals surface area contributed by atoms with Crippen molar-refractivity contribution in [3.8, 4) is 0 Å². The molecule has 0 aromatic heterocycles. The first-order valence-corrected chi connectivity index (χ1v) is 8.44. The fourth-order valence-electron chi connectivity index (χ4n) is 2.14. The molecule has 0 fully saturated rings. The lowest BCUT2D eigenvalue weighted by molar-refractivity contribution is 0.597. The van der Waals surface area contributed by atoms with Crippen LogP contribution in [0, 0.1) is 13.8 Å². The normalized spacial score (nSPS) is 11.4. The molecular formula is C16H20N2O2S. The number of aryl methyl sites for hydroxylation is 2. The summed E-state index contributed by atoms with van der Waals surface area (Å²) in [6.07, 6.45) is 0. The molecule has 0 saturated carbocycles. The predicted molar refractivity (Wildman–Crippen MR) is 86.5 cm³/mol. The highest BCUT2D eigenvalue weighted by Crippen LogP contribution is 2.15. The average molecular weight is 304 g/mol. The molecule has 0 bridgehead atoms. The smallest absolute Gasteiger partial charge is 0.213 e. The third kappa shape index (κ3) is 4.88. The topological polar surface area (TPSA) is 72.2 Å². The Labute approximate surface area is 126 Å². The van der Waals surface area contributed by atoms with Crippen LogP contribution in [0.5, 0.6) is 0 Å². The summed E-state index contributed by atoms with van der Waals surface area (Å²) in [5, 5.41) is 8.37. The molecule has 0 saturated heterocycles. The van der Waals surface area contributed by atoms with Gasteiger partial charge in [-0.2, -0.15) is 0 Å². The van der Waals surface area contributed by atoms with Gasteiger partial charge in [0.25, 0.3) is 0 Å². The molecule has 0 aliphatic carbocycles. The Kier molecular flexibility index (Phi) is 4.65. The van der Waals surface area contributed by atoms with Crippen molar-refractivity contribution in [1.82, 2.24) is 0 Å². The number of rotatable bonds is 5. The lowest BCUT2D eigenvalue weighted by Crippen LogP contribution is -2.14. The van der Waals surface area contributed by atoms with E-state index in [1.165, 1.54) is 16.7 Å². The minimum atomic E-state index is -3.48. The molecule has 0 atom stereocenters. The van der Waals surface area contributed by atoms with Gasteiger partial charge in [-0.25, -0.2) is 13.6 Å². The van der Waals surface area contributed by atoms with Crippen molar-refractivity contribution in [3.63, 3.8) is 0 Å². The van der Waals surface area contributed by atoms with Gasteiger partial charge in [-0.1, -0.05) is 35.9 Å². The van der Waals surface area contributed by atoms with Crippen LogP contribution in [-0.2, 0) is 22.3 Å². The first kappa shape index (κ1) is 15.5. The van der Waals surface area contributed by atoms with Gasteiger partial charge >= 0.3 is 0 Å². The first-order chi connectivity index (χ1) is 9.83. The highest BCUT2D eigenvalue weighted by Gasteiger charge is 2.05. The Morgan fingerprint density at radius 1 is 1.05 bits per heavy atom. The molecule has 5 heteroatoms. The van der Waals surface area contributed by atoms with Crippen LogP contribution in [-0.4, -0.2) is 8.42 Å². The number of hydrogen-bond acceptors (Lipinski definition) is 3. The molecule has 0 amide bonds. The lowest BCUT2D eigenvalue weighted by atomic mass is 10.1. The molecule has 2 aromatic rings. The van der Waals surface area contributed by atoms with E-state index in [0.29, 0.717) is 5.56 Å². The van der Waals surface area contributed by atoms with Gasteiger partial charge in [0.1, 0.15) is 0 Å². The van der Waals surface area contributed by atoms with Crippen molar-refractivity contribution < 1.29 is 8.42 Å². The van der Waals surface area contributed by atoms with Crippen molar-refractivity contribution in [2.75, 3.05) is 5.32 Å². The maximum absolute atomic E-state index is 11.0. The van der Waals surface area contributed by atoms with Crippen LogP contribution in [0.4, 0.5) is 5.69 Å². The molecule has 3 N–H and O–H groups in total. The number of nitrogens with one attached hydrogen (secondary N) is 1. The minimum Gasteiger partial charge on any atom is -0.381 e. The number of primary sulfonamides is 1. The third-order valence-corrected chi connectivity index (χ3v) is 4.05. The summed E-state index contributed by atoms with van der Waals surface area (Å²) >= 11 is 0. The van der Waals surface area contributed by atoms with Crippen LogP contribution < -0.4 is 10.5 Å². The molecule has 2 rings (SSSR count). The molecule has 0 heterocycles. The predicted octanol–water partition coefficient (Wildman–Crippen LogP) is 2.70. The Bertz CT molecular complexity index is 722. The maximum Gasteiger partial charge on any atom is 0.213 e. The van der Waals surface area contributed by atoms with Crippen LogP contribution in [0.2, 0.25) is 0 Å². The van der Waals surface area contributed by atoms with Crippen LogP contribution in [0.15, 0.2) is 42.5 Å². The standard InChI is InChI=1S/C16H20N2O2S/c1-12-3-4-13(2)15(9-12)10-18-16-7-5-14(6-8-16)11-21(17,19)20/h3-9,18H,10-11H2,1-2H3,(H2,17,19,20). The molecule has 0 aliphatic heterocycles. The quantitative estimate of drug-likeness (QED) is 0.892. The van der Waals surface area contributed by atoms with Crippen LogP contribution in [0.25, 0.3) is 0 Å². The second kappa shape index (κ2) is 6.28. The van der Waals surface area contributed by atoms with Crippen LogP contribution >= 0.6 is 0 Å². The molecule has 0 radical (unpaired) electrons. The number of benzene rings is 2. The SMILES string of the molecule is Cc1ccc(C)c(CNc2ccc(CS(N)(=O)=O)cc2)c1. The number of nitrogens with two attached hydrogens (primary N) is 1. The molecule has 2 aromatic carbocycles. The highest BCUT2D eigenvalue weighted by molar-refractivity contribution is 7.88.